The second-order valence-corrected chi connectivity index (χ2v) is 2.85. The van der Waals surface area contributed by atoms with Gasteiger partial charge in [0.15, 0.2) is 0 Å². The smallest absolute Gasteiger partial charge is 0.211 e. The van der Waals surface area contributed by atoms with Crippen LogP contribution < -0.4 is 11.1 Å². The van der Waals surface area contributed by atoms with Crippen molar-refractivity contribution in [1.29, 1.82) is 0 Å². The summed E-state index contributed by atoms with van der Waals surface area (Å²) in [5.41, 5.74) is 8.01. The molecule has 0 unspecified atom stereocenters. The number of rotatable bonds is 4. The molecule has 0 radical (unpaired) electrons. The number of nitrogens with zero attached hydrogens (tertiary/aromatic N) is 1. The molecule has 0 spiro atoms. The van der Waals surface area contributed by atoms with E-state index in [0.29, 0.717) is 6.41 Å². The monoisotopic (exact) mass is 203 g/mol. The third-order valence-corrected chi connectivity index (χ3v) is 1.89. The summed E-state index contributed by atoms with van der Waals surface area (Å²) in [5, 5.41) is 2.56. The fourth-order valence-electron chi connectivity index (χ4n) is 1.18. The Balaban J connectivity index is 2.92. The Morgan fingerprint density at radius 1 is 1.40 bits per heavy atom. The lowest BCUT2D eigenvalue weighted by molar-refractivity contribution is -0.105. The molecule has 15 heavy (non-hydrogen) atoms. The summed E-state index contributed by atoms with van der Waals surface area (Å²) in [6, 6.07) is 7.34. The minimum Gasteiger partial charge on any atom is -0.404 e. The van der Waals surface area contributed by atoms with Crippen LogP contribution >= 0.6 is 0 Å². The molecular formula is C11H13N3O. The summed E-state index contributed by atoms with van der Waals surface area (Å²) in [4.78, 5) is 14.1. The Bertz CT molecular complexity index is 379. The molecule has 0 heterocycles. The van der Waals surface area contributed by atoms with Crippen molar-refractivity contribution in [3.8, 4) is 0 Å². The maximum atomic E-state index is 10.2. The number of aliphatic imine (C=N–C) groups is 1. The summed E-state index contributed by atoms with van der Waals surface area (Å²) in [7, 11) is 1.69. The summed E-state index contributed by atoms with van der Waals surface area (Å²) >= 11 is 0. The molecule has 0 aliphatic rings. The Hall–Kier alpha value is -2.10. The van der Waals surface area contributed by atoms with Crippen LogP contribution in [0.25, 0.3) is 5.57 Å². The van der Waals surface area contributed by atoms with Crippen LogP contribution in [0.5, 0.6) is 0 Å². The molecule has 0 aromatic heterocycles. The number of benzene rings is 1. The average molecular weight is 203 g/mol. The van der Waals surface area contributed by atoms with Crippen LogP contribution in [0.3, 0.4) is 0 Å². The van der Waals surface area contributed by atoms with Gasteiger partial charge >= 0.3 is 0 Å². The van der Waals surface area contributed by atoms with Gasteiger partial charge in [-0.2, -0.15) is 0 Å². The van der Waals surface area contributed by atoms with Crippen LogP contribution in [-0.2, 0) is 4.79 Å². The third kappa shape index (κ3) is 2.95. The first-order valence-electron chi connectivity index (χ1n) is 4.46. The molecule has 0 saturated carbocycles. The highest BCUT2D eigenvalue weighted by Gasteiger charge is 1.97. The molecule has 0 saturated heterocycles. The zero-order valence-corrected chi connectivity index (χ0v) is 8.47. The summed E-state index contributed by atoms with van der Waals surface area (Å²) in [5.74, 6) is 0. The Labute approximate surface area is 88.5 Å². The quantitative estimate of drug-likeness (QED) is 0.571. The first kappa shape index (κ1) is 11.0. The molecule has 0 aliphatic heterocycles. The Kier molecular flexibility index (Phi) is 4.09. The SMILES string of the molecule is CN=CC(=CN)c1ccc(NC=O)cc1. The van der Waals surface area contributed by atoms with E-state index in [2.05, 4.69) is 10.3 Å². The van der Waals surface area contributed by atoms with Gasteiger partial charge in [0.05, 0.1) is 0 Å². The standard InChI is InChI=1S/C11H13N3O/c1-13-7-10(6-12)9-2-4-11(5-3-9)14-8-15/h2-8H,12H2,1H3,(H,14,15). The van der Waals surface area contributed by atoms with Gasteiger partial charge in [0, 0.05) is 30.7 Å². The lowest BCUT2D eigenvalue weighted by atomic mass is 10.1. The zero-order valence-electron chi connectivity index (χ0n) is 8.47. The van der Waals surface area contributed by atoms with Crippen molar-refractivity contribution in [2.24, 2.45) is 10.7 Å². The van der Waals surface area contributed by atoms with Crippen LogP contribution in [0.4, 0.5) is 5.69 Å². The van der Waals surface area contributed by atoms with Crippen LogP contribution in [0.2, 0.25) is 0 Å². The largest absolute Gasteiger partial charge is 0.404 e. The zero-order chi connectivity index (χ0) is 11.1. The number of amides is 1. The number of hydrogen-bond acceptors (Lipinski definition) is 3. The topological polar surface area (TPSA) is 67.5 Å². The van der Waals surface area contributed by atoms with E-state index in [1.54, 1.807) is 25.4 Å². The van der Waals surface area contributed by atoms with E-state index in [1.165, 1.54) is 6.20 Å². The lowest BCUT2D eigenvalue weighted by Crippen LogP contribution is -1.95. The first-order valence-corrected chi connectivity index (χ1v) is 4.46. The number of carbonyl (C=O) groups is 1. The van der Waals surface area contributed by atoms with Gasteiger partial charge in [-0.15, -0.1) is 0 Å². The Morgan fingerprint density at radius 2 is 2.07 bits per heavy atom. The minimum atomic E-state index is 0.641. The minimum absolute atomic E-state index is 0.641. The number of hydrogen-bond donors (Lipinski definition) is 2. The molecule has 0 aliphatic carbocycles. The highest BCUT2D eigenvalue weighted by molar-refractivity contribution is 6.09. The molecule has 1 amide bonds. The van der Waals surface area contributed by atoms with Gasteiger partial charge in [0.1, 0.15) is 0 Å². The molecule has 1 aromatic rings. The average Bonchev–Trinajstić information content (AvgIpc) is 2.28. The van der Waals surface area contributed by atoms with E-state index >= 15 is 0 Å². The fraction of sp³-hybridized carbons (Fsp3) is 0.0909. The Morgan fingerprint density at radius 3 is 2.53 bits per heavy atom. The van der Waals surface area contributed by atoms with Crippen LogP contribution in [0.15, 0.2) is 35.5 Å². The molecule has 78 valence electrons. The molecule has 1 rings (SSSR count). The van der Waals surface area contributed by atoms with Gasteiger partial charge in [-0.1, -0.05) is 12.1 Å². The maximum Gasteiger partial charge on any atom is 0.211 e. The van der Waals surface area contributed by atoms with Crippen LogP contribution in [0, 0.1) is 0 Å². The summed E-state index contributed by atoms with van der Waals surface area (Å²) in [6.07, 6.45) is 3.82. The summed E-state index contributed by atoms with van der Waals surface area (Å²) < 4.78 is 0. The van der Waals surface area contributed by atoms with E-state index < -0.39 is 0 Å². The van der Waals surface area contributed by atoms with Gasteiger partial charge in [-0.3, -0.25) is 9.79 Å². The third-order valence-electron chi connectivity index (χ3n) is 1.89. The van der Waals surface area contributed by atoms with Gasteiger partial charge in [0.2, 0.25) is 6.41 Å². The predicted octanol–water partition coefficient (Wildman–Crippen LogP) is 1.26. The van der Waals surface area contributed by atoms with Crippen LogP contribution in [0.1, 0.15) is 5.56 Å². The fourth-order valence-corrected chi connectivity index (χ4v) is 1.18. The first-order chi connectivity index (χ1) is 7.31. The number of carbonyl (C=O) groups excluding carboxylic acids is 1. The number of anilines is 1. The van der Waals surface area contributed by atoms with Crippen molar-refractivity contribution in [3.63, 3.8) is 0 Å². The van der Waals surface area contributed by atoms with Gasteiger partial charge in [0.25, 0.3) is 0 Å². The second kappa shape index (κ2) is 5.59. The van der Waals surface area contributed by atoms with Crippen molar-refractivity contribution in [1.82, 2.24) is 0 Å². The maximum absolute atomic E-state index is 10.2. The van der Waals surface area contributed by atoms with E-state index in [0.717, 1.165) is 16.8 Å². The van der Waals surface area contributed by atoms with Crippen molar-refractivity contribution in [2.75, 3.05) is 12.4 Å². The highest BCUT2D eigenvalue weighted by atomic mass is 16.1. The molecule has 0 bridgehead atoms. The highest BCUT2D eigenvalue weighted by Crippen LogP contribution is 2.14. The molecule has 3 N–H and O–H groups in total. The van der Waals surface area contributed by atoms with Gasteiger partial charge < -0.3 is 11.1 Å². The van der Waals surface area contributed by atoms with E-state index in [4.69, 9.17) is 5.73 Å². The van der Waals surface area contributed by atoms with E-state index in [1.807, 2.05) is 12.1 Å². The predicted molar refractivity (Wildman–Crippen MR) is 62.7 cm³/mol. The lowest BCUT2D eigenvalue weighted by Gasteiger charge is -2.02. The van der Waals surface area contributed by atoms with E-state index in [-0.39, 0.29) is 0 Å². The molecule has 1 aromatic carbocycles. The number of nitrogens with one attached hydrogen (secondary N) is 1. The molecule has 4 nitrogen and oxygen atoms in total. The number of nitrogens with two attached hydrogens (primary N) is 1. The molecular weight excluding hydrogens is 190 g/mol. The normalized spacial score (nSPS) is 11.7. The summed E-state index contributed by atoms with van der Waals surface area (Å²) in [6.45, 7) is 0. The van der Waals surface area contributed by atoms with Gasteiger partial charge in [-0.05, 0) is 17.7 Å². The van der Waals surface area contributed by atoms with E-state index in [9.17, 15) is 4.79 Å². The van der Waals surface area contributed by atoms with Crippen LogP contribution in [-0.4, -0.2) is 19.7 Å². The number of allylic oxidation sites excluding steroid dienone is 1. The molecule has 4 heteroatoms. The molecule has 0 fully saturated rings. The molecule has 0 atom stereocenters. The van der Waals surface area contributed by atoms with Gasteiger partial charge in [-0.25, -0.2) is 0 Å². The van der Waals surface area contributed by atoms with Crippen molar-refractivity contribution in [2.45, 2.75) is 0 Å². The van der Waals surface area contributed by atoms with Crippen molar-refractivity contribution < 1.29 is 4.79 Å². The van der Waals surface area contributed by atoms with Crippen molar-refractivity contribution >= 4 is 23.9 Å². The van der Waals surface area contributed by atoms with Crippen molar-refractivity contribution in [3.05, 3.63) is 36.0 Å². The second-order valence-electron chi connectivity index (χ2n) is 2.85.